The van der Waals surface area contributed by atoms with Crippen molar-refractivity contribution in [3.63, 3.8) is 0 Å². The summed E-state index contributed by atoms with van der Waals surface area (Å²) in [6.07, 6.45) is -1.42. The normalized spacial score (nSPS) is 16.6. The van der Waals surface area contributed by atoms with Crippen molar-refractivity contribution in [3.05, 3.63) is 57.5 Å². The highest BCUT2D eigenvalue weighted by molar-refractivity contribution is 7.89. The number of amides is 2. The van der Waals surface area contributed by atoms with Crippen molar-refractivity contribution in [3.8, 4) is 5.75 Å². The van der Waals surface area contributed by atoms with Crippen LogP contribution in [0.2, 0.25) is 15.1 Å². The average molecular weight is 536 g/mol. The van der Waals surface area contributed by atoms with Crippen LogP contribution < -0.4 is 15.8 Å². The standard InChI is InChI=1S/C20H21Cl3N4O5S/c21-13-1-3-14(4-2-13)32-12-18(28)26-9-10-27(20(26)19(29)25-8-7-24)33(30,31)15-5-6-16(22)17(23)11-15/h1-6,11,20H,7-10,12,24H2,(H,25,29). The van der Waals surface area contributed by atoms with Crippen molar-refractivity contribution in [2.75, 3.05) is 32.8 Å². The Morgan fingerprint density at radius 2 is 1.76 bits per heavy atom. The number of nitrogens with one attached hydrogen (secondary N) is 1. The second-order valence-electron chi connectivity index (χ2n) is 6.97. The Labute approximate surface area is 206 Å². The van der Waals surface area contributed by atoms with E-state index >= 15 is 0 Å². The Balaban J connectivity index is 1.84. The molecule has 1 aliphatic rings. The molecule has 2 aromatic rings. The molecule has 1 heterocycles. The molecule has 33 heavy (non-hydrogen) atoms. The number of nitrogens with zero attached hydrogens (tertiary/aromatic N) is 2. The molecule has 9 nitrogen and oxygen atoms in total. The first-order valence-corrected chi connectivity index (χ1v) is 12.3. The highest BCUT2D eigenvalue weighted by Gasteiger charge is 2.46. The highest BCUT2D eigenvalue weighted by atomic mass is 35.5. The summed E-state index contributed by atoms with van der Waals surface area (Å²) in [4.78, 5) is 26.8. The Morgan fingerprint density at radius 3 is 2.39 bits per heavy atom. The minimum Gasteiger partial charge on any atom is -0.484 e. The molecule has 3 rings (SSSR count). The molecule has 13 heteroatoms. The summed E-state index contributed by atoms with van der Waals surface area (Å²) in [6.45, 7) is -0.256. The SMILES string of the molecule is NCCNC(=O)C1N(C(=O)COc2ccc(Cl)cc2)CCN1S(=O)(=O)c1ccc(Cl)c(Cl)c1. The Hall–Kier alpha value is -2.08. The third-order valence-corrected chi connectivity index (χ3v) is 7.64. The second-order valence-corrected chi connectivity index (χ2v) is 10.1. The summed E-state index contributed by atoms with van der Waals surface area (Å²) < 4.78 is 33.0. The predicted molar refractivity (Wildman–Crippen MR) is 125 cm³/mol. The number of carbonyl (C=O) groups is 2. The van der Waals surface area contributed by atoms with Crippen molar-refractivity contribution in [2.24, 2.45) is 5.73 Å². The van der Waals surface area contributed by atoms with Gasteiger partial charge in [-0.1, -0.05) is 34.8 Å². The summed E-state index contributed by atoms with van der Waals surface area (Å²) in [5, 5.41) is 3.29. The molecular formula is C20H21Cl3N4O5S. The fourth-order valence-electron chi connectivity index (χ4n) is 3.21. The van der Waals surface area contributed by atoms with Crippen LogP contribution in [0.3, 0.4) is 0 Å². The zero-order valence-corrected chi connectivity index (χ0v) is 20.3. The van der Waals surface area contributed by atoms with E-state index in [0.717, 1.165) is 9.21 Å². The van der Waals surface area contributed by atoms with Gasteiger partial charge in [-0.05, 0) is 42.5 Å². The molecule has 1 atom stereocenters. The van der Waals surface area contributed by atoms with Crippen molar-refractivity contribution >= 4 is 56.6 Å². The lowest BCUT2D eigenvalue weighted by Crippen LogP contribution is -2.55. The quantitative estimate of drug-likeness (QED) is 0.533. The predicted octanol–water partition coefficient (Wildman–Crippen LogP) is 1.96. The molecule has 1 saturated heterocycles. The van der Waals surface area contributed by atoms with Crippen LogP contribution in [0.15, 0.2) is 47.4 Å². The number of rotatable bonds is 8. The van der Waals surface area contributed by atoms with Gasteiger partial charge in [0.1, 0.15) is 5.75 Å². The fraction of sp³-hybridized carbons (Fsp3) is 0.300. The van der Waals surface area contributed by atoms with Crippen LogP contribution in [-0.2, 0) is 19.6 Å². The van der Waals surface area contributed by atoms with Crippen molar-refractivity contribution in [1.29, 1.82) is 0 Å². The number of hydrogen-bond donors (Lipinski definition) is 2. The van der Waals surface area contributed by atoms with Crippen LogP contribution in [0.1, 0.15) is 0 Å². The number of carbonyl (C=O) groups excluding carboxylic acids is 2. The summed E-state index contributed by atoms with van der Waals surface area (Å²) >= 11 is 17.7. The van der Waals surface area contributed by atoms with Crippen LogP contribution in [0.25, 0.3) is 0 Å². The maximum absolute atomic E-state index is 13.3. The van der Waals surface area contributed by atoms with Crippen molar-refractivity contribution < 1.29 is 22.7 Å². The molecule has 178 valence electrons. The van der Waals surface area contributed by atoms with Crippen LogP contribution in [0.5, 0.6) is 5.75 Å². The summed E-state index contributed by atoms with van der Waals surface area (Å²) in [7, 11) is -4.19. The Bertz CT molecular complexity index is 1130. The molecule has 0 aliphatic carbocycles. The van der Waals surface area contributed by atoms with Gasteiger partial charge in [-0.25, -0.2) is 8.42 Å². The molecule has 0 saturated carbocycles. The number of benzene rings is 2. The molecule has 1 aliphatic heterocycles. The number of hydrogen-bond acceptors (Lipinski definition) is 6. The lowest BCUT2D eigenvalue weighted by molar-refractivity contribution is -0.142. The molecule has 1 fully saturated rings. The first-order valence-electron chi connectivity index (χ1n) is 9.77. The van der Waals surface area contributed by atoms with E-state index in [2.05, 4.69) is 5.32 Å². The minimum atomic E-state index is -4.19. The van der Waals surface area contributed by atoms with Gasteiger partial charge in [-0.2, -0.15) is 4.31 Å². The molecule has 2 aromatic carbocycles. The van der Waals surface area contributed by atoms with E-state index < -0.39 is 34.6 Å². The maximum Gasteiger partial charge on any atom is 0.262 e. The summed E-state index contributed by atoms with van der Waals surface area (Å²) in [5.41, 5.74) is 5.45. The third-order valence-electron chi connectivity index (χ3n) is 4.80. The molecule has 0 bridgehead atoms. The van der Waals surface area contributed by atoms with Gasteiger partial charge in [-0.3, -0.25) is 9.59 Å². The molecule has 3 N–H and O–H groups in total. The zero-order valence-electron chi connectivity index (χ0n) is 17.2. The summed E-state index contributed by atoms with van der Waals surface area (Å²) in [6, 6.07) is 10.2. The van der Waals surface area contributed by atoms with E-state index in [1.165, 1.54) is 18.2 Å². The first-order chi connectivity index (χ1) is 15.6. The first kappa shape index (κ1) is 25.5. The van der Waals surface area contributed by atoms with Gasteiger partial charge in [0.15, 0.2) is 12.8 Å². The van der Waals surface area contributed by atoms with Gasteiger partial charge in [-0.15, -0.1) is 0 Å². The van der Waals surface area contributed by atoms with Gasteiger partial charge < -0.3 is 20.7 Å². The van der Waals surface area contributed by atoms with Gasteiger partial charge >= 0.3 is 0 Å². The maximum atomic E-state index is 13.3. The average Bonchev–Trinajstić information content (AvgIpc) is 3.25. The molecule has 0 aromatic heterocycles. The Kier molecular flexibility index (Phi) is 8.43. The van der Waals surface area contributed by atoms with Crippen LogP contribution in [-0.4, -0.2) is 68.4 Å². The fourth-order valence-corrected chi connectivity index (χ4v) is 5.27. The monoisotopic (exact) mass is 534 g/mol. The number of nitrogens with two attached hydrogens (primary N) is 1. The zero-order chi connectivity index (χ0) is 24.2. The van der Waals surface area contributed by atoms with E-state index in [4.69, 9.17) is 45.3 Å². The molecule has 0 radical (unpaired) electrons. The molecule has 2 amide bonds. The van der Waals surface area contributed by atoms with Crippen molar-refractivity contribution in [1.82, 2.24) is 14.5 Å². The van der Waals surface area contributed by atoms with E-state index in [9.17, 15) is 18.0 Å². The third kappa shape index (κ3) is 5.89. The second kappa shape index (κ2) is 10.9. The Morgan fingerprint density at radius 1 is 1.06 bits per heavy atom. The number of halogens is 3. The minimum absolute atomic E-state index is 0.00985. The van der Waals surface area contributed by atoms with E-state index in [-0.39, 0.29) is 41.1 Å². The van der Waals surface area contributed by atoms with Crippen LogP contribution >= 0.6 is 34.8 Å². The van der Waals surface area contributed by atoms with Crippen LogP contribution in [0, 0.1) is 0 Å². The van der Waals surface area contributed by atoms with Gasteiger partial charge in [0.2, 0.25) is 10.0 Å². The topological polar surface area (TPSA) is 122 Å². The lowest BCUT2D eigenvalue weighted by Gasteiger charge is -2.28. The smallest absolute Gasteiger partial charge is 0.262 e. The van der Waals surface area contributed by atoms with E-state index in [1.807, 2.05) is 0 Å². The van der Waals surface area contributed by atoms with E-state index in [0.29, 0.717) is 10.8 Å². The van der Waals surface area contributed by atoms with Crippen LogP contribution in [0.4, 0.5) is 0 Å². The molecular weight excluding hydrogens is 515 g/mol. The van der Waals surface area contributed by atoms with Crippen molar-refractivity contribution in [2.45, 2.75) is 11.1 Å². The summed E-state index contributed by atoms with van der Waals surface area (Å²) in [5.74, 6) is -0.845. The number of ether oxygens (including phenoxy) is 1. The van der Waals surface area contributed by atoms with E-state index in [1.54, 1.807) is 24.3 Å². The molecule has 0 spiro atoms. The molecule has 1 unspecified atom stereocenters. The van der Waals surface area contributed by atoms with Gasteiger partial charge in [0.25, 0.3) is 11.8 Å². The lowest BCUT2D eigenvalue weighted by atomic mass is 10.3. The van der Waals surface area contributed by atoms with Gasteiger partial charge in [0.05, 0.1) is 14.9 Å². The largest absolute Gasteiger partial charge is 0.484 e. The highest BCUT2D eigenvalue weighted by Crippen LogP contribution is 2.30. The number of sulfonamides is 1. The van der Waals surface area contributed by atoms with Gasteiger partial charge in [0, 0.05) is 31.2 Å².